The molecule has 0 N–H and O–H groups in total. The molecule has 0 aliphatic heterocycles. The van der Waals surface area contributed by atoms with Crippen molar-refractivity contribution in [2.45, 2.75) is 10.6 Å². The Labute approximate surface area is 182 Å². The zero-order valence-electron chi connectivity index (χ0n) is 17.7. The van der Waals surface area contributed by atoms with Gasteiger partial charge in [0, 0.05) is 17.7 Å². The van der Waals surface area contributed by atoms with E-state index in [1.807, 2.05) is 19.0 Å². The highest BCUT2D eigenvalue weighted by Crippen LogP contribution is 2.37. The van der Waals surface area contributed by atoms with Crippen LogP contribution < -0.4 is 4.74 Å². The summed E-state index contributed by atoms with van der Waals surface area (Å²) in [7, 11) is 1.39. The Morgan fingerprint density at radius 1 is 1.06 bits per heavy atom. The molecule has 2 aromatic carbocycles. The number of sulfone groups is 1. The average Bonchev–Trinajstić information content (AvgIpc) is 3.28. The van der Waals surface area contributed by atoms with Crippen LogP contribution in [-0.4, -0.2) is 53.6 Å². The number of ether oxygens (including phenoxy) is 2. The van der Waals surface area contributed by atoms with E-state index in [1.54, 1.807) is 36.4 Å². The fraction of sp³-hybridized carbons (Fsp3) is 0.261. The number of carbonyl (C=O) groups excluding carboxylic acids is 1. The van der Waals surface area contributed by atoms with Crippen LogP contribution in [0.4, 0.5) is 0 Å². The van der Waals surface area contributed by atoms with Gasteiger partial charge in [0.15, 0.2) is 9.84 Å². The van der Waals surface area contributed by atoms with Crippen molar-refractivity contribution in [2.75, 3.05) is 34.4 Å². The lowest BCUT2D eigenvalue weighted by Crippen LogP contribution is -2.21. The third-order valence-electron chi connectivity index (χ3n) is 4.70. The normalized spacial score (nSPS) is 11.5. The molecule has 31 heavy (non-hydrogen) atoms. The first-order chi connectivity index (χ1) is 14.8. The molecule has 0 aliphatic rings. The molecule has 8 heteroatoms. The molecule has 0 unspecified atom stereocenters. The van der Waals surface area contributed by atoms with Crippen molar-refractivity contribution in [3.05, 3.63) is 72.2 Å². The summed E-state index contributed by atoms with van der Waals surface area (Å²) in [6.45, 7) is 0.911. The van der Waals surface area contributed by atoms with Gasteiger partial charge in [-0.3, -0.25) is 0 Å². The van der Waals surface area contributed by atoms with Gasteiger partial charge in [-0.05, 0) is 37.9 Å². The number of rotatable bonds is 9. The van der Waals surface area contributed by atoms with Gasteiger partial charge in [-0.2, -0.15) is 0 Å². The lowest BCUT2D eigenvalue weighted by atomic mass is 9.99. The van der Waals surface area contributed by atoms with Crippen LogP contribution in [0.1, 0.15) is 15.9 Å². The molecule has 0 amide bonds. The molecule has 0 bridgehead atoms. The summed E-state index contributed by atoms with van der Waals surface area (Å²) < 4.78 is 42.1. The van der Waals surface area contributed by atoms with E-state index in [2.05, 4.69) is 0 Å². The first-order valence-corrected chi connectivity index (χ1v) is 11.3. The molecule has 1 aromatic heterocycles. The van der Waals surface area contributed by atoms with Crippen LogP contribution in [0.3, 0.4) is 0 Å². The van der Waals surface area contributed by atoms with E-state index >= 15 is 0 Å². The predicted octanol–water partition coefficient (Wildman–Crippen LogP) is 3.65. The molecule has 7 nitrogen and oxygen atoms in total. The maximum absolute atomic E-state index is 13.0. The second-order valence-electron chi connectivity index (χ2n) is 7.20. The van der Waals surface area contributed by atoms with Gasteiger partial charge in [0.05, 0.1) is 30.3 Å². The Balaban J connectivity index is 2.12. The molecular weight excluding hydrogens is 418 g/mol. The van der Waals surface area contributed by atoms with Crippen molar-refractivity contribution in [1.82, 2.24) is 4.90 Å². The number of benzene rings is 2. The van der Waals surface area contributed by atoms with Crippen LogP contribution in [0.2, 0.25) is 0 Å². The number of nitrogens with zero attached hydrogens (tertiary/aromatic N) is 1. The van der Waals surface area contributed by atoms with Gasteiger partial charge in [-0.25, -0.2) is 13.2 Å². The lowest BCUT2D eigenvalue weighted by Gasteiger charge is -2.19. The Morgan fingerprint density at radius 2 is 1.81 bits per heavy atom. The highest BCUT2D eigenvalue weighted by molar-refractivity contribution is 7.90. The van der Waals surface area contributed by atoms with Crippen molar-refractivity contribution in [3.8, 4) is 16.9 Å². The van der Waals surface area contributed by atoms with Crippen molar-refractivity contribution in [1.29, 1.82) is 0 Å². The number of hydrogen-bond acceptors (Lipinski definition) is 7. The standard InChI is InChI=1S/C23H25NO6S/c1-24(2)12-14-30-22-20(17-11-13-29-15-17)10-9-18(21(22)23(25)28-3)16-31(26,27)19-7-5-4-6-8-19/h4-11,13,15H,12,14,16H2,1-3H3. The van der Waals surface area contributed by atoms with Crippen LogP contribution >= 0.6 is 0 Å². The van der Waals surface area contributed by atoms with Crippen molar-refractivity contribution < 1.29 is 27.1 Å². The molecule has 3 rings (SSSR count). The van der Waals surface area contributed by atoms with Gasteiger partial charge >= 0.3 is 5.97 Å². The number of methoxy groups -OCH3 is 1. The number of carbonyl (C=O) groups is 1. The predicted molar refractivity (Wildman–Crippen MR) is 117 cm³/mol. The van der Waals surface area contributed by atoms with E-state index in [1.165, 1.54) is 31.8 Å². The van der Waals surface area contributed by atoms with Gasteiger partial charge < -0.3 is 18.8 Å². The summed E-state index contributed by atoms with van der Waals surface area (Å²) in [5, 5.41) is 0. The number of likely N-dealkylation sites (N-methyl/N-ethyl adjacent to an activating group) is 1. The SMILES string of the molecule is COC(=O)c1c(CS(=O)(=O)c2ccccc2)ccc(-c2ccoc2)c1OCCN(C)C. The van der Waals surface area contributed by atoms with Crippen LogP contribution in [0.15, 0.2) is 70.4 Å². The monoisotopic (exact) mass is 443 g/mol. The van der Waals surface area contributed by atoms with Crippen LogP contribution in [0.25, 0.3) is 11.1 Å². The van der Waals surface area contributed by atoms with E-state index in [4.69, 9.17) is 13.9 Å². The number of furan rings is 1. The maximum atomic E-state index is 13.0. The van der Waals surface area contributed by atoms with Crippen LogP contribution in [0.5, 0.6) is 5.75 Å². The van der Waals surface area contributed by atoms with E-state index in [9.17, 15) is 13.2 Å². The summed E-state index contributed by atoms with van der Waals surface area (Å²) in [4.78, 5) is 14.9. The van der Waals surface area contributed by atoms with E-state index < -0.39 is 15.8 Å². The molecule has 0 fully saturated rings. The molecule has 3 aromatic rings. The molecule has 0 spiro atoms. The minimum absolute atomic E-state index is 0.0967. The molecule has 0 atom stereocenters. The minimum Gasteiger partial charge on any atom is -0.491 e. The highest BCUT2D eigenvalue weighted by Gasteiger charge is 2.26. The average molecular weight is 444 g/mol. The third kappa shape index (κ3) is 5.34. The summed E-state index contributed by atoms with van der Waals surface area (Å²) in [5.41, 5.74) is 1.73. The van der Waals surface area contributed by atoms with Gasteiger partial charge in [0.2, 0.25) is 0 Å². The summed E-state index contributed by atoms with van der Waals surface area (Å²) in [5.74, 6) is -0.753. The quantitative estimate of drug-likeness (QED) is 0.467. The Bertz CT molecular complexity index is 1120. The zero-order chi connectivity index (χ0) is 22.4. The molecule has 0 radical (unpaired) electrons. The van der Waals surface area contributed by atoms with Gasteiger partial charge in [0.1, 0.15) is 17.9 Å². The Kier molecular flexibility index (Phi) is 7.14. The smallest absolute Gasteiger partial charge is 0.341 e. The van der Waals surface area contributed by atoms with Gasteiger partial charge in [-0.1, -0.05) is 30.3 Å². The second kappa shape index (κ2) is 9.80. The maximum Gasteiger partial charge on any atom is 0.341 e. The molecule has 0 saturated carbocycles. The van der Waals surface area contributed by atoms with E-state index in [0.29, 0.717) is 29.8 Å². The third-order valence-corrected chi connectivity index (χ3v) is 6.38. The fourth-order valence-corrected chi connectivity index (χ4v) is 4.50. The number of hydrogen-bond donors (Lipinski definition) is 0. The molecule has 1 heterocycles. The first kappa shape index (κ1) is 22.6. The second-order valence-corrected chi connectivity index (χ2v) is 9.19. The van der Waals surface area contributed by atoms with Gasteiger partial charge in [-0.15, -0.1) is 0 Å². The Morgan fingerprint density at radius 3 is 2.42 bits per heavy atom. The topological polar surface area (TPSA) is 86.1 Å². The van der Waals surface area contributed by atoms with Gasteiger partial charge in [0.25, 0.3) is 0 Å². The van der Waals surface area contributed by atoms with Crippen LogP contribution in [-0.2, 0) is 20.3 Å². The highest BCUT2D eigenvalue weighted by atomic mass is 32.2. The fourth-order valence-electron chi connectivity index (χ4n) is 3.11. The largest absolute Gasteiger partial charge is 0.491 e. The number of esters is 1. The van der Waals surface area contributed by atoms with Crippen molar-refractivity contribution in [3.63, 3.8) is 0 Å². The zero-order valence-corrected chi connectivity index (χ0v) is 18.5. The Hall–Kier alpha value is -3.10. The minimum atomic E-state index is -3.69. The summed E-state index contributed by atoms with van der Waals surface area (Å²) >= 11 is 0. The molecular formula is C23H25NO6S. The van der Waals surface area contributed by atoms with Crippen LogP contribution in [0, 0.1) is 0 Å². The summed E-state index contributed by atoms with van der Waals surface area (Å²) in [6, 6.07) is 13.2. The van der Waals surface area contributed by atoms with E-state index in [0.717, 1.165) is 0 Å². The van der Waals surface area contributed by atoms with Crippen molar-refractivity contribution >= 4 is 15.8 Å². The molecule has 0 aliphatic carbocycles. The first-order valence-electron chi connectivity index (χ1n) is 9.65. The molecule has 164 valence electrons. The molecule has 0 saturated heterocycles. The summed E-state index contributed by atoms with van der Waals surface area (Å²) in [6.07, 6.45) is 3.06. The van der Waals surface area contributed by atoms with E-state index in [-0.39, 0.29) is 22.0 Å². The van der Waals surface area contributed by atoms with Crippen molar-refractivity contribution in [2.24, 2.45) is 0 Å². The lowest BCUT2D eigenvalue weighted by molar-refractivity contribution is 0.0595.